The minimum Gasteiger partial charge on any atom is -0.493 e. The maximum absolute atomic E-state index is 5.66. The second-order valence-corrected chi connectivity index (χ2v) is 4.24. The van der Waals surface area contributed by atoms with Gasteiger partial charge in [0.15, 0.2) is 0 Å². The first-order valence-electron chi connectivity index (χ1n) is 5.64. The maximum Gasteiger partial charge on any atom is 0.119 e. The van der Waals surface area contributed by atoms with Crippen molar-refractivity contribution >= 4 is 0 Å². The summed E-state index contributed by atoms with van der Waals surface area (Å²) in [4.78, 5) is 0. The van der Waals surface area contributed by atoms with Crippen LogP contribution in [0, 0.1) is 5.92 Å². The first-order chi connectivity index (χ1) is 7.22. The second-order valence-electron chi connectivity index (χ2n) is 4.24. The summed E-state index contributed by atoms with van der Waals surface area (Å²) in [5, 5.41) is 0. The number of hydrogen-bond donors (Lipinski definition) is 1. The van der Waals surface area contributed by atoms with Crippen molar-refractivity contribution in [2.24, 2.45) is 11.7 Å². The highest BCUT2D eigenvalue weighted by atomic mass is 16.5. The Balaban J connectivity index is 2.50. The molecule has 0 unspecified atom stereocenters. The van der Waals surface area contributed by atoms with E-state index in [2.05, 4.69) is 26.0 Å². The minimum atomic E-state index is 0.567. The van der Waals surface area contributed by atoms with Gasteiger partial charge in [0.2, 0.25) is 0 Å². The van der Waals surface area contributed by atoms with Crippen molar-refractivity contribution in [3.05, 3.63) is 29.8 Å². The summed E-state index contributed by atoms with van der Waals surface area (Å²) in [6.07, 6.45) is 2.07. The summed E-state index contributed by atoms with van der Waals surface area (Å²) < 4.78 is 5.66. The SMILES string of the molecule is CC(C)COc1cccc(CCCN)c1. The van der Waals surface area contributed by atoms with E-state index >= 15 is 0 Å². The van der Waals surface area contributed by atoms with Gasteiger partial charge in [-0.25, -0.2) is 0 Å². The van der Waals surface area contributed by atoms with Crippen molar-refractivity contribution < 1.29 is 4.74 Å². The van der Waals surface area contributed by atoms with Gasteiger partial charge in [0.25, 0.3) is 0 Å². The van der Waals surface area contributed by atoms with Crippen LogP contribution in [0.1, 0.15) is 25.8 Å². The topological polar surface area (TPSA) is 35.2 Å². The van der Waals surface area contributed by atoms with Crippen LogP contribution in [0.3, 0.4) is 0 Å². The van der Waals surface area contributed by atoms with E-state index in [1.807, 2.05) is 12.1 Å². The van der Waals surface area contributed by atoms with Crippen LogP contribution in [0.4, 0.5) is 0 Å². The third-order valence-electron chi connectivity index (χ3n) is 2.15. The molecule has 0 aliphatic heterocycles. The molecule has 0 radical (unpaired) electrons. The fourth-order valence-corrected chi connectivity index (χ4v) is 1.36. The highest BCUT2D eigenvalue weighted by Crippen LogP contribution is 2.15. The molecule has 2 heteroatoms. The molecule has 1 aromatic carbocycles. The van der Waals surface area contributed by atoms with E-state index in [-0.39, 0.29) is 0 Å². The van der Waals surface area contributed by atoms with Gasteiger partial charge in [-0.05, 0) is 43.0 Å². The first kappa shape index (κ1) is 12.1. The van der Waals surface area contributed by atoms with Crippen LogP contribution in [-0.4, -0.2) is 13.2 Å². The Hall–Kier alpha value is -1.02. The van der Waals surface area contributed by atoms with Crippen molar-refractivity contribution in [2.45, 2.75) is 26.7 Å². The lowest BCUT2D eigenvalue weighted by Gasteiger charge is -2.09. The second kappa shape index (κ2) is 6.46. The summed E-state index contributed by atoms with van der Waals surface area (Å²) in [7, 11) is 0. The van der Waals surface area contributed by atoms with Crippen LogP contribution in [0.5, 0.6) is 5.75 Å². The Kier molecular flexibility index (Phi) is 5.19. The Morgan fingerprint density at radius 3 is 2.80 bits per heavy atom. The molecule has 0 saturated carbocycles. The molecule has 0 fully saturated rings. The number of ether oxygens (including phenoxy) is 1. The van der Waals surface area contributed by atoms with E-state index in [0.717, 1.165) is 31.7 Å². The molecule has 2 nitrogen and oxygen atoms in total. The fourth-order valence-electron chi connectivity index (χ4n) is 1.36. The lowest BCUT2D eigenvalue weighted by atomic mass is 10.1. The molecule has 0 aromatic heterocycles. The van der Waals surface area contributed by atoms with Gasteiger partial charge < -0.3 is 10.5 Å². The largest absolute Gasteiger partial charge is 0.493 e. The average molecular weight is 207 g/mol. The van der Waals surface area contributed by atoms with Crippen LogP contribution in [0.25, 0.3) is 0 Å². The molecule has 2 N–H and O–H groups in total. The summed E-state index contributed by atoms with van der Waals surface area (Å²) in [5.74, 6) is 1.54. The van der Waals surface area contributed by atoms with Crippen LogP contribution in [0.2, 0.25) is 0 Å². The van der Waals surface area contributed by atoms with Crippen LogP contribution in [-0.2, 0) is 6.42 Å². The van der Waals surface area contributed by atoms with E-state index in [9.17, 15) is 0 Å². The van der Waals surface area contributed by atoms with Crippen molar-refractivity contribution in [3.63, 3.8) is 0 Å². The van der Waals surface area contributed by atoms with Gasteiger partial charge in [-0.1, -0.05) is 26.0 Å². The number of benzene rings is 1. The van der Waals surface area contributed by atoms with Gasteiger partial charge >= 0.3 is 0 Å². The quantitative estimate of drug-likeness (QED) is 0.778. The molecule has 0 atom stereocenters. The van der Waals surface area contributed by atoms with Crippen LogP contribution in [0.15, 0.2) is 24.3 Å². The van der Waals surface area contributed by atoms with Gasteiger partial charge in [0, 0.05) is 0 Å². The minimum absolute atomic E-state index is 0.567. The zero-order chi connectivity index (χ0) is 11.1. The molecule has 0 aliphatic rings. The van der Waals surface area contributed by atoms with Gasteiger partial charge in [0.1, 0.15) is 5.75 Å². The summed E-state index contributed by atoms with van der Waals surface area (Å²) in [5.41, 5.74) is 6.79. The van der Waals surface area contributed by atoms with E-state index < -0.39 is 0 Å². The van der Waals surface area contributed by atoms with Crippen molar-refractivity contribution in [1.29, 1.82) is 0 Å². The molecule has 0 bridgehead atoms. The molecule has 84 valence electrons. The van der Waals surface area contributed by atoms with E-state index in [4.69, 9.17) is 10.5 Å². The third kappa shape index (κ3) is 4.84. The van der Waals surface area contributed by atoms with Crippen LogP contribution < -0.4 is 10.5 Å². The van der Waals surface area contributed by atoms with Crippen molar-refractivity contribution in [3.8, 4) is 5.75 Å². The standard InChI is InChI=1S/C13H21NO/c1-11(2)10-15-13-7-3-5-12(9-13)6-4-8-14/h3,5,7,9,11H,4,6,8,10,14H2,1-2H3. The van der Waals surface area contributed by atoms with Crippen LogP contribution >= 0.6 is 0 Å². The third-order valence-corrected chi connectivity index (χ3v) is 2.15. The number of rotatable bonds is 6. The van der Waals surface area contributed by atoms with Gasteiger partial charge in [-0.15, -0.1) is 0 Å². The molecular formula is C13H21NO. The molecule has 0 spiro atoms. The number of aryl methyl sites for hydroxylation is 1. The average Bonchev–Trinajstić information content (AvgIpc) is 2.24. The fraction of sp³-hybridized carbons (Fsp3) is 0.538. The van der Waals surface area contributed by atoms with E-state index in [1.165, 1.54) is 5.56 Å². The predicted octanol–water partition coefficient (Wildman–Crippen LogP) is 2.61. The molecule has 0 amide bonds. The van der Waals surface area contributed by atoms with Gasteiger partial charge in [-0.2, -0.15) is 0 Å². The monoisotopic (exact) mass is 207 g/mol. The maximum atomic E-state index is 5.66. The van der Waals surface area contributed by atoms with Gasteiger partial charge in [0.05, 0.1) is 6.61 Å². The molecular weight excluding hydrogens is 186 g/mol. The van der Waals surface area contributed by atoms with E-state index in [1.54, 1.807) is 0 Å². The summed E-state index contributed by atoms with van der Waals surface area (Å²) in [6.45, 7) is 5.83. The molecule has 0 saturated heterocycles. The number of nitrogens with two attached hydrogens (primary N) is 1. The number of hydrogen-bond acceptors (Lipinski definition) is 2. The smallest absolute Gasteiger partial charge is 0.119 e. The zero-order valence-corrected chi connectivity index (χ0v) is 9.70. The Labute approximate surface area is 92.4 Å². The van der Waals surface area contributed by atoms with Gasteiger partial charge in [-0.3, -0.25) is 0 Å². The molecule has 1 aromatic rings. The zero-order valence-electron chi connectivity index (χ0n) is 9.70. The van der Waals surface area contributed by atoms with Crippen molar-refractivity contribution in [1.82, 2.24) is 0 Å². The normalized spacial score (nSPS) is 10.7. The lowest BCUT2D eigenvalue weighted by Crippen LogP contribution is -2.05. The molecule has 15 heavy (non-hydrogen) atoms. The highest BCUT2D eigenvalue weighted by Gasteiger charge is 1.98. The van der Waals surface area contributed by atoms with Crippen molar-refractivity contribution in [2.75, 3.05) is 13.2 Å². The molecule has 1 rings (SSSR count). The van der Waals surface area contributed by atoms with E-state index in [0.29, 0.717) is 5.92 Å². The Bertz CT molecular complexity index is 284. The Morgan fingerprint density at radius 2 is 2.13 bits per heavy atom. The molecule has 0 aliphatic carbocycles. The highest BCUT2D eigenvalue weighted by molar-refractivity contribution is 5.28. The predicted molar refractivity (Wildman–Crippen MR) is 64.2 cm³/mol. The Morgan fingerprint density at radius 1 is 1.33 bits per heavy atom. The summed E-state index contributed by atoms with van der Waals surface area (Å²) >= 11 is 0. The lowest BCUT2D eigenvalue weighted by molar-refractivity contribution is 0.271. The summed E-state index contributed by atoms with van der Waals surface area (Å²) in [6, 6.07) is 8.28. The molecule has 0 heterocycles. The first-order valence-corrected chi connectivity index (χ1v) is 5.64.